The number of hydrogen-bond donors (Lipinski definition) is 3. The number of amides is 2. The second-order valence-corrected chi connectivity index (χ2v) is 4.72. The highest BCUT2D eigenvalue weighted by Gasteiger charge is 2.21. The maximum absolute atomic E-state index is 12.1. The first-order valence-electron chi connectivity index (χ1n) is 6.49. The quantitative estimate of drug-likeness (QED) is 0.759. The van der Waals surface area contributed by atoms with Gasteiger partial charge in [-0.05, 0) is 30.5 Å². The molecule has 1 saturated heterocycles. The van der Waals surface area contributed by atoms with E-state index < -0.39 is 0 Å². The number of piperidine rings is 1. The van der Waals surface area contributed by atoms with Crippen molar-refractivity contribution in [2.45, 2.75) is 32.2 Å². The largest absolute Gasteiger partial charge is 0.507 e. The van der Waals surface area contributed by atoms with E-state index in [0.717, 1.165) is 12.0 Å². The van der Waals surface area contributed by atoms with Crippen LogP contribution in [0.1, 0.15) is 35.7 Å². The minimum absolute atomic E-state index is 0.0151. The van der Waals surface area contributed by atoms with Crippen molar-refractivity contribution in [2.75, 3.05) is 6.54 Å². The summed E-state index contributed by atoms with van der Waals surface area (Å²) in [6.45, 7) is 2.43. The number of nitrogens with one attached hydrogen (secondary N) is 2. The summed E-state index contributed by atoms with van der Waals surface area (Å²) in [5.41, 5.74) is 1.29. The molecule has 1 atom stereocenters. The zero-order valence-electron chi connectivity index (χ0n) is 10.9. The lowest BCUT2D eigenvalue weighted by atomic mass is 10.0. The van der Waals surface area contributed by atoms with Gasteiger partial charge in [-0.15, -0.1) is 0 Å². The van der Waals surface area contributed by atoms with Crippen LogP contribution in [-0.4, -0.2) is 29.5 Å². The van der Waals surface area contributed by atoms with E-state index in [4.69, 9.17) is 0 Å². The third-order valence-corrected chi connectivity index (χ3v) is 3.31. The number of phenols is 1. The molecular weight excluding hydrogens is 244 g/mol. The van der Waals surface area contributed by atoms with Crippen molar-refractivity contribution in [3.05, 3.63) is 29.3 Å². The van der Waals surface area contributed by atoms with Crippen LogP contribution in [0.25, 0.3) is 0 Å². The Balaban J connectivity index is 2.05. The van der Waals surface area contributed by atoms with E-state index in [9.17, 15) is 14.7 Å². The zero-order valence-corrected chi connectivity index (χ0v) is 10.9. The van der Waals surface area contributed by atoms with Crippen LogP contribution in [0.4, 0.5) is 0 Å². The highest BCUT2D eigenvalue weighted by Crippen LogP contribution is 2.19. The van der Waals surface area contributed by atoms with Crippen molar-refractivity contribution in [2.24, 2.45) is 0 Å². The van der Waals surface area contributed by atoms with E-state index in [-0.39, 0.29) is 29.2 Å². The first kappa shape index (κ1) is 13.4. The van der Waals surface area contributed by atoms with Gasteiger partial charge in [0.25, 0.3) is 5.91 Å². The van der Waals surface area contributed by atoms with Gasteiger partial charge in [0, 0.05) is 19.0 Å². The molecule has 0 bridgehead atoms. The summed E-state index contributed by atoms with van der Waals surface area (Å²) in [4.78, 5) is 23.1. The minimum atomic E-state index is -0.297. The van der Waals surface area contributed by atoms with Crippen LogP contribution in [0.2, 0.25) is 0 Å². The van der Waals surface area contributed by atoms with Gasteiger partial charge in [0.2, 0.25) is 5.91 Å². The molecule has 1 aromatic carbocycles. The summed E-state index contributed by atoms with van der Waals surface area (Å²) < 4.78 is 0. The van der Waals surface area contributed by atoms with Crippen molar-refractivity contribution in [3.63, 3.8) is 0 Å². The van der Waals surface area contributed by atoms with Crippen molar-refractivity contribution in [1.29, 1.82) is 0 Å². The van der Waals surface area contributed by atoms with Crippen molar-refractivity contribution < 1.29 is 14.7 Å². The normalized spacial score (nSPS) is 18.8. The Kier molecular flexibility index (Phi) is 4.04. The standard InChI is InChI=1S/C14H18N2O3/c1-2-9-3-5-12(17)11(7-9)14(19)16-10-4-6-13(18)15-8-10/h3,5,7,10,17H,2,4,6,8H2,1H3,(H,15,18)(H,16,19). The molecule has 0 spiro atoms. The molecule has 5 heteroatoms. The molecule has 1 unspecified atom stereocenters. The van der Waals surface area contributed by atoms with Gasteiger partial charge in [0.1, 0.15) is 5.75 Å². The third-order valence-electron chi connectivity index (χ3n) is 3.31. The van der Waals surface area contributed by atoms with Gasteiger partial charge in [0.15, 0.2) is 0 Å². The fourth-order valence-corrected chi connectivity index (χ4v) is 2.10. The third kappa shape index (κ3) is 3.24. The monoisotopic (exact) mass is 262 g/mol. The van der Waals surface area contributed by atoms with Crippen molar-refractivity contribution >= 4 is 11.8 Å². The molecule has 0 aromatic heterocycles. The van der Waals surface area contributed by atoms with Crippen LogP contribution in [0.5, 0.6) is 5.75 Å². The predicted octanol–water partition coefficient (Wildman–Crippen LogP) is 0.963. The molecule has 1 aromatic rings. The van der Waals surface area contributed by atoms with E-state index in [1.54, 1.807) is 12.1 Å². The fourth-order valence-electron chi connectivity index (χ4n) is 2.10. The van der Waals surface area contributed by atoms with E-state index in [1.165, 1.54) is 6.07 Å². The Morgan fingerprint density at radius 1 is 1.53 bits per heavy atom. The highest BCUT2D eigenvalue weighted by atomic mass is 16.3. The van der Waals surface area contributed by atoms with E-state index >= 15 is 0 Å². The fraction of sp³-hybridized carbons (Fsp3) is 0.429. The Labute approximate surface area is 112 Å². The first-order chi connectivity index (χ1) is 9.10. The Bertz CT molecular complexity index is 489. The van der Waals surface area contributed by atoms with Gasteiger partial charge in [-0.1, -0.05) is 13.0 Å². The predicted molar refractivity (Wildman–Crippen MR) is 71.0 cm³/mol. The number of aromatic hydroxyl groups is 1. The summed E-state index contributed by atoms with van der Waals surface area (Å²) >= 11 is 0. The smallest absolute Gasteiger partial charge is 0.255 e. The van der Waals surface area contributed by atoms with Gasteiger partial charge in [-0.2, -0.15) is 0 Å². The highest BCUT2D eigenvalue weighted by molar-refractivity contribution is 5.97. The summed E-state index contributed by atoms with van der Waals surface area (Å²) in [5.74, 6) is -0.301. The molecule has 1 heterocycles. The van der Waals surface area contributed by atoms with Crippen LogP contribution in [-0.2, 0) is 11.2 Å². The first-order valence-corrected chi connectivity index (χ1v) is 6.49. The average molecular weight is 262 g/mol. The van der Waals surface area contributed by atoms with Crippen LogP contribution in [0.15, 0.2) is 18.2 Å². The van der Waals surface area contributed by atoms with Gasteiger partial charge in [0.05, 0.1) is 5.56 Å². The summed E-state index contributed by atoms with van der Waals surface area (Å²) in [6, 6.07) is 4.96. The Morgan fingerprint density at radius 3 is 2.95 bits per heavy atom. The summed E-state index contributed by atoms with van der Waals surface area (Å²) in [7, 11) is 0. The zero-order chi connectivity index (χ0) is 13.8. The molecule has 5 nitrogen and oxygen atoms in total. The SMILES string of the molecule is CCc1ccc(O)c(C(=O)NC2CCC(=O)NC2)c1. The number of phenolic OH excluding ortho intramolecular Hbond substituents is 1. The van der Waals surface area contributed by atoms with Crippen molar-refractivity contribution in [3.8, 4) is 5.75 Å². The van der Waals surface area contributed by atoms with Crippen molar-refractivity contribution in [1.82, 2.24) is 10.6 Å². The van der Waals surface area contributed by atoms with Crippen LogP contribution in [0.3, 0.4) is 0 Å². The molecule has 1 aliphatic heterocycles. The molecule has 2 amide bonds. The molecule has 19 heavy (non-hydrogen) atoms. The lowest BCUT2D eigenvalue weighted by Crippen LogP contribution is -2.47. The maximum Gasteiger partial charge on any atom is 0.255 e. The lowest BCUT2D eigenvalue weighted by Gasteiger charge is -2.23. The van der Waals surface area contributed by atoms with Crippen LogP contribution in [0, 0.1) is 0 Å². The Morgan fingerprint density at radius 2 is 2.32 bits per heavy atom. The minimum Gasteiger partial charge on any atom is -0.507 e. The van der Waals surface area contributed by atoms with E-state index in [1.807, 2.05) is 6.92 Å². The molecule has 1 aliphatic rings. The molecule has 1 fully saturated rings. The number of rotatable bonds is 3. The average Bonchev–Trinajstić information content (AvgIpc) is 2.42. The number of benzene rings is 1. The van der Waals surface area contributed by atoms with Gasteiger partial charge < -0.3 is 15.7 Å². The van der Waals surface area contributed by atoms with E-state index in [0.29, 0.717) is 19.4 Å². The lowest BCUT2D eigenvalue weighted by molar-refractivity contribution is -0.122. The second-order valence-electron chi connectivity index (χ2n) is 4.72. The summed E-state index contributed by atoms with van der Waals surface area (Å²) in [6.07, 6.45) is 1.86. The number of hydrogen-bond acceptors (Lipinski definition) is 3. The van der Waals surface area contributed by atoms with Gasteiger partial charge >= 0.3 is 0 Å². The van der Waals surface area contributed by atoms with Crippen LogP contribution >= 0.6 is 0 Å². The van der Waals surface area contributed by atoms with Gasteiger partial charge in [-0.3, -0.25) is 9.59 Å². The molecule has 102 valence electrons. The number of carbonyl (C=O) groups excluding carboxylic acids is 2. The number of aryl methyl sites for hydroxylation is 1. The van der Waals surface area contributed by atoms with Gasteiger partial charge in [-0.25, -0.2) is 0 Å². The second kappa shape index (κ2) is 5.73. The maximum atomic E-state index is 12.1. The van der Waals surface area contributed by atoms with E-state index in [2.05, 4.69) is 10.6 Å². The number of carbonyl (C=O) groups is 2. The molecule has 0 radical (unpaired) electrons. The summed E-state index contributed by atoms with van der Waals surface area (Å²) in [5, 5.41) is 15.3. The molecular formula is C14H18N2O3. The molecule has 0 saturated carbocycles. The topological polar surface area (TPSA) is 78.4 Å². The molecule has 3 N–H and O–H groups in total. The van der Waals surface area contributed by atoms with Crippen LogP contribution < -0.4 is 10.6 Å². The molecule has 2 rings (SSSR count). The molecule has 0 aliphatic carbocycles. The Hall–Kier alpha value is -2.04.